The number of benzene rings is 1. The highest BCUT2D eigenvalue weighted by atomic mass is 19.1. The Morgan fingerprint density at radius 1 is 1.46 bits per heavy atom. The van der Waals surface area contributed by atoms with Crippen molar-refractivity contribution in [1.82, 2.24) is 9.97 Å². The van der Waals surface area contributed by atoms with E-state index in [-0.39, 0.29) is 5.82 Å². The van der Waals surface area contributed by atoms with Crippen molar-refractivity contribution in [1.29, 1.82) is 0 Å². The van der Waals surface area contributed by atoms with E-state index in [9.17, 15) is 4.39 Å². The highest BCUT2D eigenvalue weighted by molar-refractivity contribution is 5.75. The van der Waals surface area contributed by atoms with Crippen LogP contribution in [0.1, 0.15) is 5.82 Å². The number of H-pyrrole nitrogens is 1. The maximum absolute atomic E-state index is 13.1. The number of aromatic amines is 1. The van der Waals surface area contributed by atoms with Gasteiger partial charge in [-0.05, 0) is 18.7 Å². The number of hydrogen-bond acceptors (Lipinski definition) is 2. The summed E-state index contributed by atoms with van der Waals surface area (Å²) in [5.41, 5.74) is 6.49. The Balaban J connectivity index is 2.55. The van der Waals surface area contributed by atoms with Crippen LogP contribution in [-0.4, -0.2) is 16.5 Å². The molecule has 0 aliphatic heterocycles. The largest absolute Gasteiger partial charge is 0.342 e. The van der Waals surface area contributed by atoms with Crippen LogP contribution in [0.15, 0.2) is 18.2 Å². The van der Waals surface area contributed by atoms with Gasteiger partial charge < -0.3 is 10.7 Å². The molecule has 0 aliphatic rings. The van der Waals surface area contributed by atoms with Crippen molar-refractivity contribution in [2.24, 2.45) is 5.73 Å². The summed E-state index contributed by atoms with van der Waals surface area (Å²) >= 11 is 0. The van der Waals surface area contributed by atoms with Gasteiger partial charge >= 0.3 is 0 Å². The van der Waals surface area contributed by atoms with Crippen molar-refractivity contribution in [3.63, 3.8) is 0 Å². The average Bonchev–Trinajstić information content (AvgIpc) is 2.49. The molecule has 2 rings (SSSR count). The number of para-hydroxylation sites is 1. The highest BCUT2D eigenvalue weighted by Gasteiger charge is 2.05. The molecule has 13 heavy (non-hydrogen) atoms. The van der Waals surface area contributed by atoms with Crippen molar-refractivity contribution >= 4 is 11.0 Å². The molecular formula is C9H10FN3. The first-order valence-corrected chi connectivity index (χ1v) is 4.14. The Bertz CT molecular complexity index is 422. The fourth-order valence-electron chi connectivity index (χ4n) is 1.30. The third-order valence-electron chi connectivity index (χ3n) is 1.89. The van der Waals surface area contributed by atoms with Gasteiger partial charge in [-0.1, -0.05) is 6.07 Å². The summed E-state index contributed by atoms with van der Waals surface area (Å²) in [5.74, 6) is 0.444. The SMILES string of the molecule is NCCc1nc2c(F)cccc2[nH]1. The Kier molecular flexibility index (Phi) is 1.98. The average molecular weight is 179 g/mol. The topological polar surface area (TPSA) is 54.7 Å². The van der Waals surface area contributed by atoms with Crippen LogP contribution in [0.2, 0.25) is 0 Å². The van der Waals surface area contributed by atoms with E-state index in [1.165, 1.54) is 6.07 Å². The summed E-state index contributed by atoms with van der Waals surface area (Å²) in [4.78, 5) is 7.10. The minimum Gasteiger partial charge on any atom is -0.342 e. The standard InChI is InChI=1S/C9H10FN3/c10-6-2-1-3-7-9(6)13-8(12-7)4-5-11/h1-3H,4-5,11H2,(H,12,13). The Hall–Kier alpha value is -1.42. The summed E-state index contributed by atoms with van der Waals surface area (Å²) in [6, 6.07) is 4.85. The molecule has 0 saturated carbocycles. The molecule has 0 amide bonds. The smallest absolute Gasteiger partial charge is 0.151 e. The normalized spacial score (nSPS) is 10.9. The first-order valence-electron chi connectivity index (χ1n) is 4.14. The summed E-state index contributed by atoms with van der Waals surface area (Å²) in [5, 5.41) is 0. The van der Waals surface area contributed by atoms with Gasteiger partial charge in [0, 0.05) is 6.42 Å². The summed E-state index contributed by atoms with van der Waals surface area (Å²) in [7, 11) is 0. The zero-order valence-corrected chi connectivity index (χ0v) is 7.05. The Morgan fingerprint density at radius 2 is 2.31 bits per heavy atom. The Morgan fingerprint density at radius 3 is 3.00 bits per heavy atom. The number of fused-ring (bicyclic) bond motifs is 1. The van der Waals surface area contributed by atoms with E-state index in [4.69, 9.17) is 5.73 Å². The molecule has 68 valence electrons. The van der Waals surface area contributed by atoms with Crippen molar-refractivity contribution in [3.05, 3.63) is 29.8 Å². The van der Waals surface area contributed by atoms with Crippen molar-refractivity contribution in [2.75, 3.05) is 6.54 Å². The Labute approximate surface area is 74.8 Å². The van der Waals surface area contributed by atoms with Crippen molar-refractivity contribution < 1.29 is 4.39 Å². The highest BCUT2D eigenvalue weighted by Crippen LogP contribution is 2.14. The van der Waals surface area contributed by atoms with E-state index >= 15 is 0 Å². The predicted molar refractivity (Wildman–Crippen MR) is 48.8 cm³/mol. The summed E-state index contributed by atoms with van der Waals surface area (Å²) < 4.78 is 13.1. The number of hydrogen-bond donors (Lipinski definition) is 2. The second-order valence-corrected chi connectivity index (χ2v) is 2.86. The molecule has 0 aliphatic carbocycles. The molecule has 2 aromatic rings. The monoisotopic (exact) mass is 179 g/mol. The number of aromatic nitrogens is 2. The second-order valence-electron chi connectivity index (χ2n) is 2.86. The molecule has 0 spiro atoms. The lowest BCUT2D eigenvalue weighted by atomic mass is 10.3. The minimum absolute atomic E-state index is 0.294. The molecule has 1 aromatic heterocycles. The van der Waals surface area contributed by atoms with Crippen LogP contribution in [0.4, 0.5) is 4.39 Å². The number of nitrogens with two attached hydrogens (primary N) is 1. The van der Waals surface area contributed by atoms with E-state index in [1.807, 2.05) is 0 Å². The van der Waals surface area contributed by atoms with Gasteiger partial charge in [-0.2, -0.15) is 0 Å². The molecule has 0 fully saturated rings. The molecule has 0 radical (unpaired) electrons. The molecule has 0 unspecified atom stereocenters. The van der Waals surface area contributed by atoms with E-state index in [0.717, 1.165) is 11.3 Å². The third-order valence-corrected chi connectivity index (χ3v) is 1.89. The second kappa shape index (κ2) is 3.14. The van der Waals surface area contributed by atoms with Gasteiger partial charge in [-0.15, -0.1) is 0 Å². The number of nitrogens with zero attached hydrogens (tertiary/aromatic N) is 1. The van der Waals surface area contributed by atoms with Crippen LogP contribution >= 0.6 is 0 Å². The van der Waals surface area contributed by atoms with Gasteiger partial charge in [0.25, 0.3) is 0 Å². The molecule has 3 nitrogen and oxygen atoms in total. The van der Waals surface area contributed by atoms with E-state index in [1.54, 1.807) is 12.1 Å². The van der Waals surface area contributed by atoms with Gasteiger partial charge in [0.1, 0.15) is 11.3 Å². The third kappa shape index (κ3) is 1.40. The van der Waals surface area contributed by atoms with Crippen LogP contribution in [0, 0.1) is 5.82 Å². The number of halogens is 1. The fourth-order valence-corrected chi connectivity index (χ4v) is 1.30. The van der Waals surface area contributed by atoms with E-state index in [0.29, 0.717) is 18.5 Å². The first-order chi connectivity index (χ1) is 6.31. The van der Waals surface area contributed by atoms with Crippen molar-refractivity contribution in [2.45, 2.75) is 6.42 Å². The van der Waals surface area contributed by atoms with Crippen LogP contribution in [-0.2, 0) is 6.42 Å². The molecule has 1 aromatic carbocycles. The lowest BCUT2D eigenvalue weighted by Gasteiger charge is -1.87. The lowest BCUT2D eigenvalue weighted by molar-refractivity contribution is 0.637. The molecule has 0 atom stereocenters. The van der Waals surface area contributed by atoms with Gasteiger partial charge in [0.2, 0.25) is 0 Å². The van der Waals surface area contributed by atoms with Crippen molar-refractivity contribution in [3.8, 4) is 0 Å². The number of nitrogens with one attached hydrogen (secondary N) is 1. The van der Waals surface area contributed by atoms with E-state index in [2.05, 4.69) is 9.97 Å². The predicted octanol–water partition coefficient (Wildman–Crippen LogP) is 1.20. The minimum atomic E-state index is -0.294. The summed E-state index contributed by atoms with van der Waals surface area (Å²) in [6.07, 6.45) is 0.647. The van der Waals surface area contributed by atoms with Gasteiger partial charge in [0.05, 0.1) is 5.52 Å². The molecule has 1 heterocycles. The van der Waals surface area contributed by atoms with Crippen LogP contribution in [0.5, 0.6) is 0 Å². The summed E-state index contributed by atoms with van der Waals surface area (Å²) in [6.45, 7) is 0.515. The maximum atomic E-state index is 13.1. The molecule has 4 heteroatoms. The van der Waals surface area contributed by atoms with Crippen LogP contribution in [0.25, 0.3) is 11.0 Å². The van der Waals surface area contributed by atoms with Gasteiger partial charge in [-0.25, -0.2) is 9.37 Å². The quantitative estimate of drug-likeness (QED) is 0.727. The first kappa shape index (κ1) is 8.19. The zero-order chi connectivity index (χ0) is 9.26. The van der Waals surface area contributed by atoms with Crippen LogP contribution in [0.3, 0.4) is 0 Å². The molecule has 0 saturated heterocycles. The lowest BCUT2D eigenvalue weighted by Crippen LogP contribution is -2.03. The number of rotatable bonds is 2. The molecule has 0 bridgehead atoms. The molecule has 3 N–H and O–H groups in total. The molecular weight excluding hydrogens is 169 g/mol. The fraction of sp³-hybridized carbons (Fsp3) is 0.222. The van der Waals surface area contributed by atoms with Gasteiger partial charge in [-0.3, -0.25) is 0 Å². The number of imidazole rings is 1. The van der Waals surface area contributed by atoms with Gasteiger partial charge in [0.15, 0.2) is 5.82 Å². The van der Waals surface area contributed by atoms with Crippen LogP contribution < -0.4 is 5.73 Å². The van der Waals surface area contributed by atoms with E-state index < -0.39 is 0 Å². The maximum Gasteiger partial charge on any atom is 0.151 e. The zero-order valence-electron chi connectivity index (χ0n) is 7.05.